The smallest absolute Gasteiger partial charge is 0.396 e. The van der Waals surface area contributed by atoms with Crippen molar-refractivity contribution in [2.75, 3.05) is 24.2 Å². The topological polar surface area (TPSA) is 71.2 Å². The van der Waals surface area contributed by atoms with Crippen LogP contribution in [0.1, 0.15) is 25.5 Å². The van der Waals surface area contributed by atoms with Crippen LogP contribution in [0.4, 0.5) is 24.5 Å². The van der Waals surface area contributed by atoms with E-state index in [4.69, 9.17) is 10.8 Å². The predicted octanol–water partition coefficient (Wildman–Crippen LogP) is 2.50. The molecule has 0 aromatic carbocycles. The molecule has 0 saturated carbocycles. The van der Waals surface area contributed by atoms with Crippen molar-refractivity contribution in [3.8, 4) is 0 Å². The molecule has 1 unspecified atom stereocenters. The van der Waals surface area contributed by atoms with Crippen LogP contribution in [-0.4, -0.2) is 23.2 Å². The molecule has 0 bridgehead atoms. The Hall–Kier alpha value is -1.50. The number of aromatic nitrogens is 1. The molecule has 19 heavy (non-hydrogen) atoms. The molecule has 1 aromatic rings. The van der Waals surface area contributed by atoms with E-state index in [0.29, 0.717) is 6.54 Å². The van der Waals surface area contributed by atoms with Crippen LogP contribution in [-0.2, 0) is 6.18 Å². The molecule has 0 radical (unpaired) electrons. The fraction of sp³-hybridized carbons (Fsp3) is 0.583. The van der Waals surface area contributed by atoms with Gasteiger partial charge in [-0.3, -0.25) is 0 Å². The molecule has 0 aliphatic carbocycles. The lowest BCUT2D eigenvalue weighted by Crippen LogP contribution is -2.12. The van der Waals surface area contributed by atoms with Gasteiger partial charge in [-0.1, -0.05) is 6.92 Å². The summed E-state index contributed by atoms with van der Waals surface area (Å²) < 4.78 is 37.4. The average Bonchev–Trinajstić information content (AvgIpc) is 2.34. The Morgan fingerprint density at radius 1 is 1.47 bits per heavy atom. The molecule has 0 amide bonds. The van der Waals surface area contributed by atoms with Crippen molar-refractivity contribution in [3.63, 3.8) is 0 Å². The molecule has 108 valence electrons. The minimum Gasteiger partial charge on any atom is -0.396 e. The van der Waals surface area contributed by atoms with Crippen molar-refractivity contribution in [1.82, 2.24) is 4.98 Å². The molecule has 4 nitrogen and oxygen atoms in total. The molecule has 7 heteroatoms. The summed E-state index contributed by atoms with van der Waals surface area (Å²) in [6.45, 7) is 2.51. The number of anilines is 2. The number of nitrogens with two attached hydrogens (primary N) is 1. The third-order valence-electron chi connectivity index (χ3n) is 2.73. The normalized spacial score (nSPS) is 13.3. The first-order valence-electron chi connectivity index (χ1n) is 6.02. The summed E-state index contributed by atoms with van der Waals surface area (Å²) in [5.74, 6) is 0.183. The van der Waals surface area contributed by atoms with Gasteiger partial charge in [0.15, 0.2) is 0 Å². The Labute approximate surface area is 109 Å². The number of nitrogens with zero attached hydrogens (tertiary/aromatic N) is 1. The van der Waals surface area contributed by atoms with Gasteiger partial charge in [0.1, 0.15) is 5.69 Å². The average molecular weight is 277 g/mol. The van der Waals surface area contributed by atoms with Crippen LogP contribution in [0.2, 0.25) is 0 Å². The summed E-state index contributed by atoms with van der Waals surface area (Å²) in [4.78, 5) is 3.26. The monoisotopic (exact) mass is 277 g/mol. The van der Waals surface area contributed by atoms with Crippen LogP contribution in [0, 0.1) is 5.92 Å². The number of nitrogen functional groups attached to an aromatic ring is 1. The van der Waals surface area contributed by atoms with Crippen molar-refractivity contribution < 1.29 is 18.3 Å². The fourth-order valence-corrected chi connectivity index (χ4v) is 1.54. The van der Waals surface area contributed by atoms with Gasteiger partial charge in [-0.25, -0.2) is 4.98 Å². The number of nitrogens with one attached hydrogen (secondary N) is 1. The Morgan fingerprint density at radius 3 is 2.74 bits per heavy atom. The van der Waals surface area contributed by atoms with E-state index in [0.717, 1.165) is 25.1 Å². The quantitative estimate of drug-likeness (QED) is 0.699. The van der Waals surface area contributed by atoms with Crippen LogP contribution in [0.3, 0.4) is 0 Å². The van der Waals surface area contributed by atoms with Gasteiger partial charge in [0.05, 0.1) is 17.6 Å². The van der Waals surface area contributed by atoms with Gasteiger partial charge in [-0.05, 0) is 24.8 Å². The number of pyridine rings is 1. The van der Waals surface area contributed by atoms with Gasteiger partial charge in [0.2, 0.25) is 0 Å². The molecule has 1 heterocycles. The third-order valence-corrected chi connectivity index (χ3v) is 2.73. The molecule has 1 aromatic heterocycles. The number of hydrogen-bond acceptors (Lipinski definition) is 4. The summed E-state index contributed by atoms with van der Waals surface area (Å²) in [6, 6.07) is 0.908. The van der Waals surface area contributed by atoms with E-state index >= 15 is 0 Å². The molecule has 0 aliphatic rings. The standard InChI is InChI=1S/C12H18F3N3O/c1-8(7-19)3-2-4-17-10-5-11(12(13,14)15)18-6-9(10)16/h5-6,8,19H,2-4,7,16H2,1H3,(H,17,18). The largest absolute Gasteiger partial charge is 0.433 e. The van der Waals surface area contributed by atoms with E-state index in [2.05, 4.69) is 10.3 Å². The first-order chi connectivity index (χ1) is 8.84. The Kier molecular flexibility index (Phi) is 5.41. The zero-order chi connectivity index (χ0) is 14.5. The van der Waals surface area contributed by atoms with Gasteiger partial charge >= 0.3 is 6.18 Å². The maximum atomic E-state index is 12.5. The minimum atomic E-state index is -4.48. The van der Waals surface area contributed by atoms with E-state index in [1.165, 1.54) is 0 Å². The van der Waals surface area contributed by atoms with E-state index < -0.39 is 11.9 Å². The van der Waals surface area contributed by atoms with Crippen LogP contribution < -0.4 is 11.1 Å². The highest BCUT2D eigenvalue weighted by atomic mass is 19.4. The summed E-state index contributed by atoms with van der Waals surface area (Å²) in [7, 11) is 0. The van der Waals surface area contributed by atoms with E-state index in [1.54, 1.807) is 0 Å². The third kappa shape index (κ3) is 4.94. The number of aliphatic hydroxyl groups excluding tert-OH is 1. The van der Waals surface area contributed by atoms with Crippen molar-refractivity contribution >= 4 is 11.4 Å². The fourth-order valence-electron chi connectivity index (χ4n) is 1.54. The molecular weight excluding hydrogens is 259 g/mol. The van der Waals surface area contributed by atoms with Gasteiger partial charge < -0.3 is 16.2 Å². The molecule has 4 N–H and O–H groups in total. The Bertz CT molecular complexity index is 410. The number of halogens is 3. The van der Waals surface area contributed by atoms with Crippen molar-refractivity contribution in [2.45, 2.75) is 25.9 Å². The molecule has 0 aliphatic heterocycles. The van der Waals surface area contributed by atoms with E-state index in [9.17, 15) is 13.2 Å². The first-order valence-corrected chi connectivity index (χ1v) is 6.02. The number of rotatable bonds is 6. The van der Waals surface area contributed by atoms with Crippen molar-refractivity contribution in [2.24, 2.45) is 5.92 Å². The Balaban J connectivity index is 2.58. The molecule has 0 fully saturated rings. The lowest BCUT2D eigenvalue weighted by molar-refractivity contribution is -0.141. The van der Waals surface area contributed by atoms with Gasteiger partial charge in [-0.2, -0.15) is 13.2 Å². The van der Waals surface area contributed by atoms with Gasteiger partial charge in [0, 0.05) is 13.2 Å². The molecule has 0 saturated heterocycles. The molecule has 0 spiro atoms. The lowest BCUT2D eigenvalue weighted by atomic mass is 10.1. The van der Waals surface area contributed by atoms with Gasteiger partial charge in [-0.15, -0.1) is 0 Å². The summed E-state index contributed by atoms with van der Waals surface area (Å²) in [5, 5.41) is 11.7. The highest BCUT2D eigenvalue weighted by molar-refractivity contribution is 5.65. The predicted molar refractivity (Wildman–Crippen MR) is 67.6 cm³/mol. The summed E-state index contributed by atoms with van der Waals surface area (Å²) >= 11 is 0. The van der Waals surface area contributed by atoms with Crippen LogP contribution in [0.15, 0.2) is 12.3 Å². The first kappa shape index (κ1) is 15.6. The number of alkyl halides is 3. The molecular formula is C12H18F3N3O. The maximum Gasteiger partial charge on any atom is 0.433 e. The second-order valence-corrected chi connectivity index (χ2v) is 4.51. The molecule has 1 rings (SSSR count). The van der Waals surface area contributed by atoms with Crippen LogP contribution in [0.5, 0.6) is 0 Å². The van der Waals surface area contributed by atoms with Gasteiger partial charge in [0.25, 0.3) is 0 Å². The Morgan fingerprint density at radius 2 is 2.16 bits per heavy atom. The zero-order valence-electron chi connectivity index (χ0n) is 10.7. The maximum absolute atomic E-state index is 12.5. The van der Waals surface area contributed by atoms with Crippen LogP contribution >= 0.6 is 0 Å². The number of hydrogen-bond donors (Lipinski definition) is 3. The minimum absolute atomic E-state index is 0.107. The second kappa shape index (κ2) is 6.60. The summed E-state index contributed by atoms with van der Waals surface area (Å²) in [6.07, 6.45) is -1.94. The highest BCUT2D eigenvalue weighted by Gasteiger charge is 2.32. The molecule has 1 atom stereocenters. The number of aliphatic hydroxyl groups is 1. The SMILES string of the molecule is CC(CO)CCCNc1cc(C(F)(F)F)ncc1N. The highest BCUT2D eigenvalue weighted by Crippen LogP contribution is 2.31. The van der Waals surface area contributed by atoms with Crippen LogP contribution in [0.25, 0.3) is 0 Å². The second-order valence-electron chi connectivity index (χ2n) is 4.51. The van der Waals surface area contributed by atoms with Crippen molar-refractivity contribution in [3.05, 3.63) is 18.0 Å². The van der Waals surface area contributed by atoms with E-state index in [1.807, 2.05) is 6.92 Å². The lowest BCUT2D eigenvalue weighted by Gasteiger charge is -2.13. The zero-order valence-corrected chi connectivity index (χ0v) is 10.7. The van der Waals surface area contributed by atoms with E-state index in [-0.39, 0.29) is 23.9 Å². The summed E-state index contributed by atoms with van der Waals surface area (Å²) in [5.41, 5.74) is 5.02. The van der Waals surface area contributed by atoms with Crippen molar-refractivity contribution in [1.29, 1.82) is 0 Å².